The summed E-state index contributed by atoms with van der Waals surface area (Å²) in [4.78, 5) is 35.9. The molecule has 8 heteroatoms. The van der Waals surface area contributed by atoms with Gasteiger partial charge in [-0.15, -0.1) is 0 Å². The van der Waals surface area contributed by atoms with Gasteiger partial charge in [0.25, 0.3) is 5.69 Å². The molecule has 0 amide bonds. The number of carbonyl (C=O) groups is 2. The minimum Gasteiger partial charge on any atom is -0.507 e. The Hall–Kier alpha value is -4.20. The van der Waals surface area contributed by atoms with Crippen LogP contribution in [-0.2, 0) is 0 Å². The molecule has 0 heterocycles. The number of aromatic hydroxyl groups is 2. The van der Waals surface area contributed by atoms with Gasteiger partial charge in [0.05, 0.1) is 27.8 Å². The van der Waals surface area contributed by atoms with Crippen LogP contribution in [0.25, 0.3) is 0 Å². The van der Waals surface area contributed by atoms with Crippen molar-refractivity contribution in [2.45, 2.75) is 0 Å². The minimum absolute atomic E-state index is 0.0893. The summed E-state index contributed by atoms with van der Waals surface area (Å²) < 4.78 is 0. The van der Waals surface area contributed by atoms with Crippen molar-refractivity contribution in [2.75, 3.05) is 5.32 Å². The van der Waals surface area contributed by atoms with Gasteiger partial charge in [-0.05, 0) is 24.3 Å². The molecule has 3 aromatic carbocycles. The van der Waals surface area contributed by atoms with Gasteiger partial charge in [-0.3, -0.25) is 19.7 Å². The molecular formula is C20H12N2O6. The van der Waals surface area contributed by atoms with Crippen LogP contribution in [0.1, 0.15) is 31.8 Å². The van der Waals surface area contributed by atoms with Crippen molar-refractivity contribution in [3.63, 3.8) is 0 Å². The summed E-state index contributed by atoms with van der Waals surface area (Å²) in [6.07, 6.45) is 0. The van der Waals surface area contributed by atoms with Crippen LogP contribution >= 0.6 is 0 Å². The third-order valence-corrected chi connectivity index (χ3v) is 4.49. The van der Waals surface area contributed by atoms with E-state index in [0.29, 0.717) is 5.69 Å². The molecule has 0 aliphatic heterocycles. The molecule has 0 fully saturated rings. The first kappa shape index (κ1) is 17.2. The fourth-order valence-electron chi connectivity index (χ4n) is 3.19. The van der Waals surface area contributed by atoms with E-state index in [1.807, 2.05) is 6.07 Å². The highest BCUT2D eigenvalue weighted by molar-refractivity contribution is 6.30. The summed E-state index contributed by atoms with van der Waals surface area (Å²) in [5.41, 5.74) is -0.631. The molecule has 0 aromatic heterocycles. The van der Waals surface area contributed by atoms with E-state index in [4.69, 9.17) is 0 Å². The molecule has 0 bridgehead atoms. The number of para-hydroxylation sites is 1. The predicted octanol–water partition coefficient (Wildman–Crippen LogP) is 3.53. The van der Waals surface area contributed by atoms with Crippen molar-refractivity contribution in [1.82, 2.24) is 0 Å². The number of benzene rings is 3. The van der Waals surface area contributed by atoms with Crippen molar-refractivity contribution in [2.24, 2.45) is 0 Å². The van der Waals surface area contributed by atoms with Crippen molar-refractivity contribution in [3.8, 4) is 11.5 Å². The third-order valence-electron chi connectivity index (χ3n) is 4.49. The average Bonchev–Trinajstić information content (AvgIpc) is 2.67. The van der Waals surface area contributed by atoms with Gasteiger partial charge in [-0.25, -0.2) is 0 Å². The molecule has 4 rings (SSSR count). The first-order valence-corrected chi connectivity index (χ1v) is 8.17. The Balaban J connectivity index is 1.86. The lowest BCUT2D eigenvalue weighted by atomic mass is 9.82. The van der Waals surface area contributed by atoms with Crippen molar-refractivity contribution >= 4 is 28.6 Å². The van der Waals surface area contributed by atoms with Crippen molar-refractivity contribution in [1.29, 1.82) is 0 Å². The van der Waals surface area contributed by atoms with E-state index in [9.17, 15) is 29.9 Å². The summed E-state index contributed by atoms with van der Waals surface area (Å²) in [5.74, 6) is -2.60. The number of nitrogens with one attached hydrogen (secondary N) is 1. The third kappa shape index (κ3) is 2.55. The Bertz CT molecular complexity index is 1170. The van der Waals surface area contributed by atoms with Crippen molar-refractivity contribution in [3.05, 3.63) is 87.0 Å². The predicted molar refractivity (Wildman–Crippen MR) is 99.5 cm³/mol. The smallest absolute Gasteiger partial charge is 0.273 e. The number of ketones is 2. The van der Waals surface area contributed by atoms with E-state index in [-0.39, 0.29) is 27.9 Å². The van der Waals surface area contributed by atoms with E-state index < -0.39 is 33.7 Å². The van der Waals surface area contributed by atoms with Crippen LogP contribution < -0.4 is 5.32 Å². The van der Waals surface area contributed by atoms with E-state index in [1.54, 1.807) is 24.3 Å². The summed E-state index contributed by atoms with van der Waals surface area (Å²) in [7, 11) is 0. The summed E-state index contributed by atoms with van der Waals surface area (Å²) >= 11 is 0. The molecule has 3 N–H and O–H groups in total. The highest BCUT2D eigenvalue weighted by Crippen LogP contribution is 2.41. The SMILES string of the molecule is O=C1c2cc([N+](=O)[O-])cc(O)c2C(=O)c2c1ccc(Nc1ccccc1)c2O. The van der Waals surface area contributed by atoms with Gasteiger partial charge < -0.3 is 15.5 Å². The summed E-state index contributed by atoms with van der Waals surface area (Å²) in [5, 5.41) is 34.7. The molecule has 138 valence electrons. The number of nitro benzene ring substituents is 1. The lowest BCUT2D eigenvalue weighted by Crippen LogP contribution is -2.21. The Morgan fingerprint density at radius 3 is 2.25 bits per heavy atom. The molecule has 1 aliphatic carbocycles. The number of carbonyl (C=O) groups excluding carboxylic acids is 2. The highest BCUT2D eigenvalue weighted by atomic mass is 16.6. The van der Waals surface area contributed by atoms with Gasteiger partial charge in [0, 0.05) is 22.9 Å². The quantitative estimate of drug-likeness (QED) is 0.283. The van der Waals surface area contributed by atoms with Crippen LogP contribution in [-0.4, -0.2) is 26.7 Å². The summed E-state index contributed by atoms with van der Waals surface area (Å²) in [6, 6.07) is 13.5. The Kier molecular flexibility index (Phi) is 3.82. The first-order chi connectivity index (χ1) is 13.4. The van der Waals surface area contributed by atoms with Crippen molar-refractivity contribution < 1.29 is 24.7 Å². The maximum Gasteiger partial charge on any atom is 0.273 e. The molecule has 0 saturated carbocycles. The van der Waals surface area contributed by atoms with Crippen LogP contribution in [0.3, 0.4) is 0 Å². The molecule has 28 heavy (non-hydrogen) atoms. The number of anilines is 2. The van der Waals surface area contributed by atoms with Crippen LogP contribution in [0.5, 0.6) is 11.5 Å². The minimum atomic E-state index is -0.786. The van der Waals surface area contributed by atoms with E-state index in [1.165, 1.54) is 12.1 Å². The lowest BCUT2D eigenvalue weighted by molar-refractivity contribution is -0.385. The number of hydrogen-bond acceptors (Lipinski definition) is 7. The molecule has 8 nitrogen and oxygen atoms in total. The van der Waals surface area contributed by atoms with Gasteiger partial charge in [-0.1, -0.05) is 18.2 Å². The monoisotopic (exact) mass is 376 g/mol. The van der Waals surface area contributed by atoms with E-state index in [0.717, 1.165) is 12.1 Å². The second-order valence-corrected chi connectivity index (χ2v) is 6.18. The van der Waals surface area contributed by atoms with Gasteiger partial charge in [0.1, 0.15) is 5.75 Å². The molecular weight excluding hydrogens is 364 g/mol. The average molecular weight is 376 g/mol. The Labute approximate surface area is 157 Å². The zero-order chi connectivity index (χ0) is 20.0. The van der Waals surface area contributed by atoms with Gasteiger partial charge in [-0.2, -0.15) is 0 Å². The lowest BCUT2D eigenvalue weighted by Gasteiger charge is -2.21. The number of hydrogen-bond donors (Lipinski definition) is 3. The van der Waals surface area contributed by atoms with E-state index >= 15 is 0 Å². The van der Waals surface area contributed by atoms with Gasteiger partial charge in [0.2, 0.25) is 5.78 Å². The molecule has 0 saturated heterocycles. The largest absolute Gasteiger partial charge is 0.507 e. The zero-order valence-corrected chi connectivity index (χ0v) is 14.2. The second kappa shape index (κ2) is 6.20. The van der Waals surface area contributed by atoms with Crippen LogP contribution in [0.4, 0.5) is 17.1 Å². The highest BCUT2D eigenvalue weighted by Gasteiger charge is 2.36. The van der Waals surface area contributed by atoms with Gasteiger partial charge in [0.15, 0.2) is 11.5 Å². The molecule has 0 radical (unpaired) electrons. The number of phenols is 2. The maximum atomic E-state index is 12.9. The number of fused-ring (bicyclic) bond motifs is 2. The first-order valence-electron chi connectivity index (χ1n) is 8.17. The molecule has 0 spiro atoms. The summed E-state index contributed by atoms with van der Waals surface area (Å²) in [6.45, 7) is 0. The topological polar surface area (TPSA) is 130 Å². The molecule has 3 aromatic rings. The number of nitrogens with zero attached hydrogens (tertiary/aromatic N) is 1. The fraction of sp³-hybridized carbons (Fsp3) is 0. The molecule has 0 unspecified atom stereocenters. The molecule has 0 atom stereocenters. The maximum absolute atomic E-state index is 12.9. The van der Waals surface area contributed by atoms with Crippen LogP contribution in [0.2, 0.25) is 0 Å². The van der Waals surface area contributed by atoms with Crippen LogP contribution in [0, 0.1) is 10.1 Å². The second-order valence-electron chi connectivity index (χ2n) is 6.18. The Morgan fingerprint density at radius 1 is 0.857 bits per heavy atom. The molecule has 1 aliphatic rings. The number of rotatable bonds is 3. The number of non-ortho nitro benzene ring substituents is 1. The van der Waals surface area contributed by atoms with Gasteiger partial charge >= 0.3 is 0 Å². The standard InChI is InChI=1S/C20H12N2O6/c23-15-9-11(22(27)28)8-13-16(15)20(26)17-12(18(13)24)6-7-14(19(17)25)21-10-4-2-1-3-5-10/h1-9,21,23,25H. The zero-order valence-electron chi connectivity index (χ0n) is 14.2. The number of phenolic OH excluding ortho intramolecular Hbond substituents is 2. The number of nitro groups is 1. The fourth-order valence-corrected chi connectivity index (χ4v) is 3.19. The Morgan fingerprint density at radius 2 is 1.57 bits per heavy atom. The normalized spacial score (nSPS) is 12.3. The van der Waals surface area contributed by atoms with E-state index in [2.05, 4.69) is 5.32 Å². The van der Waals surface area contributed by atoms with Crippen LogP contribution in [0.15, 0.2) is 54.6 Å².